The average Bonchev–Trinajstić information content (AvgIpc) is 3.19. The molecule has 0 saturated carbocycles. The lowest BCUT2D eigenvalue weighted by Gasteiger charge is -2.18. The third kappa shape index (κ3) is 5.95. The molecule has 0 aliphatic carbocycles. The summed E-state index contributed by atoms with van der Waals surface area (Å²) in [6, 6.07) is 10.6. The van der Waals surface area contributed by atoms with Gasteiger partial charge in [0.15, 0.2) is 0 Å². The van der Waals surface area contributed by atoms with Gasteiger partial charge in [0.1, 0.15) is 12.3 Å². The summed E-state index contributed by atoms with van der Waals surface area (Å²) in [7, 11) is 1.69. The Balaban J connectivity index is 0.00000155. The standard InChI is InChI=1S/C22H30N4O2.C2H6/c1-4-6-7-18(5-2)26-13-12-19-20(26)24-22(23)25-21(19)28-15-17-10-8-16(9-11-17)14-27-3;1-2/h8-13,18H,4-7,14-15H2,1-3H3,(H2,23,24,25);1-2H3. The molecule has 30 heavy (non-hydrogen) atoms. The van der Waals surface area contributed by atoms with Crippen LogP contribution >= 0.6 is 0 Å². The molecule has 0 spiro atoms. The first-order valence-electron chi connectivity index (χ1n) is 11.0. The number of benzene rings is 1. The van der Waals surface area contributed by atoms with Gasteiger partial charge in [-0.3, -0.25) is 0 Å². The van der Waals surface area contributed by atoms with Crippen molar-refractivity contribution in [3.8, 4) is 5.88 Å². The molecule has 3 rings (SSSR count). The maximum Gasteiger partial charge on any atom is 0.228 e. The Kier molecular flexibility index (Phi) is 9.61. The van der Waals surface area contributed by atoms with E-state index in [0.29, 0.717) is 25.1 Å². The van der Waals surface area contributed by atoms with Gasteiger partial charge in [0, 0.05) is 19.3 Å². The molecular formula is C24H36N4O2. The highest BCUT2D eigenvalue weighted by Crippen LogP contribution is 2.30. The van der Waals surface area contributed by atoms with Gasteiger partial charge in [0.25, 0.3) is 0 Å². The van der Waals surface area contributed by atoms with Gasteiger partial charge in [0.05, 0.1) is 12.0 Å². The number of anilines is 1. The number of hydrogen-bond donors (Lipinski definition) is 1. The van der Waals surface area contributed by atoms with E-state index in [0.717, 1.165) is 35.0 Å². The molecule has 6 nitrogen and oxygen atoms in total. The Bertz CT molecular complexity index is 890. The fourth-order valence-electron chi connectivity index (χ4n) is 3.46. The Hall–Kier alpha value is -2.60. The fourth-order valence-corrected chi connectivity index (χ4v) is 3.46. The number of nitrogens with two attached hydrogens (primary N) is 1. The summed E-state index contributed by atoms with van der Waals surface area (Å²) in [6.45, 7) is 9.46. The third-order valence-corrected chi connectivity index (χ3v) is 5.02. The Morgan fingerprint density at radius 2 is 1.67 bits per heavy atom. The first-order chi connectivity index (χ1) is 14.7. The van der Waals surface area contributed by atoms with Crippen molar-refractivity contribution in [2.24, 2.45) is 0 Å². The molecule has 0 amide bonds. The molecule has 0 aliphatic heterocycles. The summed E-state index contributed by atoms with van der Waals surface area (Å²) in [5.41, 5.74) is 9.04. The minimum atomic E-state index is 0.239. The molecule has 1 atom stereocenters. The normalized spacial score (nSPS) is 11.8. The summed E-state index contributed by atoms with van der Waals surface area (Å²) in [4.78, 5) is 8.83. The smallest absolute Gasteiger partial charge is 0.228 e. The summed E-state index contributed by atoms with van der Waals surface area (Å²) in [6.07, 6.45) is 6.64. The van der Waals surface area contributed by atoms with Crippen LogP contribution in [0.1, 0.15) is 70.5 Å². The molecule has 2 heterocycles. The number of nitrogen functional groups attached to an aromatic ring is 1. The molecule has 6 heteroatoms. The highest BCUT2D eigenvalue weighted by Gasteiger charge is 2.16. The van der Waals surface area contributed by atoms with Gasteiger partial charge >= 0.3 is 0 Å². The zero-order chi connectivity index (χ0) is 21.9. The number of hydrogen-bond acceptors (Lipinski definition) is 5. The van der Waals surface area contributed by atoms with Crippen LogP contribution in [-0.4, -0.2) is 21.6 Å². The number of fused-ring (bicyclic) bond motifs is 1. The van der Waals surface area contributed by atoms with E-state index in [9.17, 15) is 0 Å². The predicted molar refractivity (Wildman–Crippen MR) is 124 cm³/mol. The van der Waals surface area contributed by atoms with Gasteiger partial charge in [-0.05, 0) is 30.0 Å². The zero-order valence-corrected chi connectivity index (χ0v) is 19.0. The topological polar surface area (TPSA) is 75.2 Å². The molecule has 164 valence electrons. The number of unbranched alkanes of at least 4 members (excludes halogenated alkanes) is 1. The first-order valence-corrected chi connectivity index (χ1v) is 11.0. The van der Waals surface area contributed by atoms with Crippen LogP contribution in [0.4, 0.5) is 5.95 Å². The van der Waals surface area contributed by atoms with Crippen molar-refractivity contribution < 1.29 is 9.47 Å². The molecule has 0 fully saturated rings. The molecule has 1 aromatic carbocycles. The zero-order valence-electron chi connectivity index (χ0n) is 19.0. The van der Waals surface area contributed by atoms with E-state index in [1.54, 1.807) is 7.11 Å². The second-order valence-corrected chi connectivity index (χ2v) is 7.09. The average molecular weight is 413 g/mol. The summed E-state index contributed by atoms with van der Waals surface area (Å²) in [5, 5.41) is 0.903. The SMILES string of the molecule is CC.CCCCC(CC)n1ccc2c(OCc3ccc(COC)cc3)nc(N)nc21. The van der Waals surface area contributed by atoms with Gasteiger partial charge in [-0.1, -0.05) is 64.8 Å². The Labute approximate surface area is 180 Å². The van der Waals surface area contributed by atoms with Crippen molar-refractivity contribution in [2.75, 3.05) is 12.8 Å². The molecule has 2 N–H and O–H groups in total. The number of ether oxygens (including phenoxy) is 2. The maximum absolute atomic E-state index is 6.02. The summed E-state index contributed by atoms with van der Waals surface area (Å²) >= 11 is 0. The number of aromatic nitrogens is 3. The van der Waals surface area contributed by atoms with Gasteiger partial charge in [-0.15, -0.1) is 0 Å². The van der Waals surface area contributed by atoms with Crippen LogP contribution in [0, 0.1) is 0 Å². The molecular weight excluding hydrogens is 376 g/mol. The second-order valence-electron chi connectivity index (χ2n) is 7.09. The molecule has 1 unspecified atom stereocenters. The van der Waals surface area contributed by atoms with Crippen molar-refractivity contribution in [1.82, 2.24) is 14.5 Å². The minimum Gasteiger partial charge on any atom is -0.472 e. The lowest BCUT2D eigenvalue weighted by atomic mass is 10.1. The van der Waals surface area contributed by atoms with Crippen LogP contribution < -0.4 is 10.5 Å². The predicted octanol–water partition coefficient (Wildman–Crippen LogP) is 5.91. The molecule has 0 saturated heterocycles. The summed E-state index contributed by atoms with van der Waals surface area (Å²) < 4.78 is 13.4. The van der Waals surface area contributed by atoms with E-state index in [4.69, 9.17) is 15.2 Å². The molecule has 0 aliphatic rings. The van der Waals surface area contributed by atoms with Gasteiger partial charge < -0.3 is 19.8 Å². The molecule has 0 radical (unpaired) electrons. The van der Waals surface area contributed by atoms with Crippen molar-refractivity contribution in [3.05, 3.63) is 47.7 Å². The highest BCUT2D eigenvalue weighted by atomic mass is 16.5. The third-order valence-electron chi connectivity index (χ3n) is 5.02. The molecule has 3 aromatic rings. The monoisotopic (exact) mass is 412 g/mol. The van der Waals surface area contributed by atoms with Crippen LogP contribution in [0.5, 0.6) is 5.88 Å². The molecule has 2 aromatic heterocycles. The van der Waals surface area contributed by atoms with Gasteiger partial charge in [-0.2, -0.15) is 9.97 Å². The van der Waals surface area contributed by atoms with Crippen LogP contribution in [0.15, 0.2) is 36.5 Å². The van der Waals surface area contributed by atoms with Crippen LogP contribution in [-0.2, 0) is 18.0 Å². The van der Waals surface area contributed by atoms with Crippen molar-refractivity contribution in [3.63, 3.8) is 0 Å². The number of methoxy groups -OCH3 is 1. The highest BCUT2D eigenvalue weighted by molar-refractivity contribution is 5.82. The van der Waals surface area contributed by atoms with E-state index in [1.807, 2.05) is 44.2 Å². The number of rotatable bonds is 10. The van der Waals surface area contributed by atoms with Crippen LogP contribution in [0.2, 0.25) is 0 Å². The second kappa shape index (κ2) is 12.2. The van der Waals surface area contributed by atoms with E-state index < -0.39 is 0 Å². The first kappa shape index (κ1) is 23.7. The van der Waals surface area contributed by atoms with Crippen molar-refractivity contribution >= 4 is 17.0 Å². The molecule has 0 bridgehead atoms. The summed E-state index contributed by atoms with van der Waals surface area (Å²) in [5.74, 6) is 0.774. The van der Waals surface area contributed by atoms with E-state index in [2.05, 4.69) is 34.6 Å². The Morgan fingerprint density at radius 1 is 1.00 bits per heavy atom. The lowest BCUT2D eigenvalue weighted by Crippen LogP contribution is -2.09. The Morgan fingerprint density at radius 3 is 2.27 bits per heavy atom. The van der Waals surface area contributed by atoms with E-state index >= 15 is 0 Å². The lowest BCUT2D eigenvalue weighted by molar-refractivity contribution is 0.185. The largest absolute Gasteiger partial charge is 0.472 e. The quantitative estimate of drug-likeness (QED) is 0.448. The maximum atomic E-state index is 6.02. The minimum absolute atomic E-state index is 0.239. The van der Waals surface area contributed by atoms with Gasteiger partial charge in [0.2, 0.25) is 11.8 Å². The van der Waals surface area contributed by atoms with Crippen molar-refractivity contribution in [1.29, 1.82) is 0 Å². The van der Waals surface area contributed by atoms with Gasteiger partial charge in [-0.25, -0.2) is 0 Å². The fraction of sp³-hybridized carbons (Fsp3) is 0.500. The van der Waals surface area contributed by atoms with Crippen LogP contribution in [0.3, 0.4) is 0 Å². The number of nitrogens with zero attached hydrogens (tertiary/aromatic N) is 3. The van der Waals surface area contributed by atoms with Crippen LogP contribution in [0.25, 0.3) is 11.0 Å². The van der Waals surface area contributed by atoms with E-state index in [-0.39, 0.29) is 5.95 Å². The van der Waals surface area contributed by atoms with E-state index in [1.165, 1.54) is 12.8 Å². The van der Waals surface area contributed by atoms with Crippen molar-refractivity contribution in [2.45, 2.75) is 72.6 Å².